The Bertz CT molecular complexity index is 974. The van der Waals surface area contributed by atoms with E-state index in [1.54, 1.807) is 10.7 Å². The SMILES string of the molecule is CCN(CC)Cc1c(O)cccc1N=c1sc(-c2ccc(Cl)cc2)nn1C. The van der Waals surface area contributed by atoms with Crippen LogP contribution in [0.25, 0.3) is 10.6 Å². The van der Waals surface area contributed by atoms with Gasteiger partial charge in [0.15, 0.2) is 0 Å². The second-order valence-corrected chi connectivity index (χ2v) is 7.56. The van der Waals surface area contributed by atoms with E-state index in [9.17, 15) is 5.11 Å². The minimum absolute atomic E-state index is 0.272. The Morgan fingerprint density at radius 1 is 1.15 bits per heavy atom. The summed E-state index contributed by atoms with van der Waals surface area (Å²) in [4.78, 5) is 7.81. The fourth-order valence-electron chi connectivity index (χ4n) is 2.76. The molecule has 1 aromatic heterocycles. The van der Waals surface area contributed by atoms with E-state index in [1.807, 2.05) is 43.4 Å². The first-order chi connectivity index (χ1) is 13.0. The van der Waals surface area contributed by atoms with Gasteiger partial charge >= 0.3 is 0 Å². The summed E-state index contributed by atoms with van der Waals surface area (Å²) in [6.45, 7) is 6.72. The molecule has 2 aromatic carbocycles. The summed E-state index contributed by atoms with van der Waals surface area (Å²) in [6.07, 6.45) is 0. The third kappa shape index (κ3) is 4.58. The van der Waals surface area contributed by atoms with Gasteiger partial charge in [-0.1, -0.05) is 55.0 Å². The number of halogens is 1. The summed E-state index contributed by atoms with van der Waals surface area (Å²) in [5.74, 6) is 0.272. The standard InChI is InChI=1S/C20H23ClN4OS/c1-4-25(5-2)13-16-17(7-6-8-18(16)26)22-20-24(3)23-19(27-20)14-9-11-15(21)12-10-14/h6-12,26H,4-5,13H2,1-3H3. The molecule has 0 unspecified atom stereocenters. The molecule has 0 atom stereocenters. The average Bonchev–Trinajstić information content (AvgIpc) is 3.02. The maximum Gasteiger partial charge on any atom is 0.208 e. The van der Waals surface area contributed by atoms with Crippen LogP contribution in [-0.2, 0) is 13.6 Å². The van der Waals surface area contributed by atoms with Crippen molar-refractivity contribution in [2.24, 2.45) is 12.0 Å². The number of hydrogen-bond acceptors (Lipinski definition) is 5. The van der Waals surface area contributed by atoms with E-state index in [2.05, 4.69) is 23.8 Å². The normalized spacial score (nSPS) is 12.1. The molecule has 0 spiro atoms. The van der Waals surface area contributed by atoms with Crippen molar-refractivity contribution in [2.45, 2.75) is 20.4 Å². The highest BCUT2D eigenvalue weighted by Gasteiger charge is 2.12. The largest absolute Gasteiger partial charge is 0.508 e. The van der Waals surface area contributed by atoms with Crippen molar-refractivity contribution in [2.75, 3.05) is 13.1 Å². The molecule has 1 heterocycles. The molecule has 0 saturated heterocycles. The Morgan fingerprint density at radius 2 is 1.85 bits per heavy atom. The van der Waals surface area contributed by atoms with Crippen LogP contribution < -0.4 is 4.80 Å². The maximum atomic E-state index is 10.4. The first kappa shape index (κ1) is 19.6. The zero-order valence-corrected chi connectivity index (χ0v) is 17.3. The molecule has 0 aliphatic carbocycles. The summed E-state index contributed by atoms with van der Waals surface area (Å²) < 4.78 is 1.76. The number of benzene rings is 2. The molecule has 0 bridgehead atoms. The lowest BCUT2D eigenvalue weighted by Crippen LogP contribution is -2.22. The zero-order chi connectivity index (χ0) is 19.4. The molecule has 0 radical (unpaired) electrons. The smallest absolute Gasteiger partial charge is 0.208 e. The van der Waals surface area contributed by atoms with Crippen molar-refractivity contribution in [3.8, 4) is 16.3 Å². The van der Waals surface area contributed by atoms with Gasteiger partial charge in [0.25, 0.3) is 0 Å². The molecule has 3 rings (SSSR count). The number of hydrogen-bond donors (Lipinski definition) is 1. The monoisotopic (exact) mass is 402 g/mol. The van der Waals surface area contributed by atoms with Crippen LogP contribution in [0.5, 0.6) is 5.75 Å². The molecule has 0 saturated carbocycles. The van der Waals surface area contributed by atoms with Crippen LogP contribution in [0.3, 0.4) is 0 Å². The first-order valence-electron chi connectivity index (χ1n) is 8.89. The minimum atomic E-state index is 0.272. The predicted octanol–water partition coefficient (Wildman–Crippen LogP) is 4.58. The van der Waals surface area contributed by atoms with Crippen molar-refractivity contribution in [1.29, 1.82) is 0 Å². The molecular formula is C20H23ClN4OS. The highest BCUT2D eigenvalue weighted by molar-refractivity contribution is 7.12. The topological polar surface area (TPSA) is 53.6 Å². The maximum absolute atomic E-state index is 10.4. The molecule has 3 aromatic rings. The summed E-state index contributed by atoms with van der Waals surface area (Å²) in [7, 11) is 1.88. The Hall–Kier alpha value is -2.15. The highest BCUT2D eigenvalue weighted by atomic mass is 35.5. The van der Waals surface area contributed by atoms with Crippen molar-refractivity contribution in [3.05, 3.63) is 57.9 Å². The fraction of sp³-hybridized carbons (Fsp3) is 0.300. The third-order valence-electron chi connectivity index (χ3n) is 4.42. The lowest BCUT2D eigenvalue weighted by Gasteiger charge is -2.19. The van der Waals surface area contributed by atoms with Gasteiger partial charge in [-0.05, 0) is 37.4 Å². The molecule has 7 heteroatoms. The average molecular weight is 403 g/mol. The van der Waals surface area contributed by atoms with Crippen LogP contribution in [-0.4, -0.2) is 32.9 Å². The number of phenolic OH excluding ortho intramolecular Hbond substituents is 1. The van der Waals surface area contributed by atoms with E-state index in [0.717, 1.165) is 39.7 Å². The Morgan fingerprint density at radius 3 is 2.52 bits per heavy atom. The number of aryl methyl sites for hydroxylation is 1. The molecule has 0 amide bonds. The van der Waals surface area contributed by atoms with Crippen LogP contribution in [0.15, 0.2) is 47.5 Å². The molecule has 142 valence electrons. The van der Waals surface area contributed by atoms with Gasteiger partial charge in [-0.3, -0.25) is 4.90 Å². The summed E-state index contributed by atoms with van der Waals surface area (Å²) in [5, 5.41) is 16.5. The number of aromatic nitrogens is 2. The summed E-state index contributed by atoms with van der Waals surface area (Å²) in [5.41, 5.74) is 2.60. The Balaban J connectivity index is 2.02. The lowest BCUT2D eigenvalue weighted by molar-refractivity contribution is 0.291. The summed E-state index contributed by atoms with van der Waals surface area (Å²) in [6, 6.07) is 13.1. The molecule has 5 nitrogen and oxygen atoms in total. The van der Waals surface area contributed by atoms with Gasteiger partial charge in [0, 0.05) is 29.7 Å². The van der Waals surface area contributed by atoms with E-state index < -0.39 is 0 Å². The zero-order valence-electron chi connectivity index (χ0n) is 15.7. The quantitative estimate of drug-likeness (QED) is 0.656. The molecule has 0 fully saturated rings. The molecular weight excluding hydrogens is 380 g/mol. The van der Waals surface area contributed by atoms with Gasteiger partial charge in [0.1, 0.15) is 10.8 Å². The molecule has 27 heavy (non-hydrogen) atoms. The van der Waals surface area contributed by atoms with Gasteiger partial charge in [0.05, 0.1) is 5.69 Å². The van der Waals surface area contributed by atoms with Gasteiger partial charge < -0.3 is 5.11 Å². The first-order valence-corrected chi connectivity index (χ1v) is 10.1. The van der Waals surface area contributed by atoms with Crippen LogP contribution in [0.4, 0.5) is 5.69 Å². The Labute approximate surface area is 168 Å². The number of phenols is 1. The third-order valence-corrected chi connectivity index (χ3v) is 5.72. The molecule has 0 aliphatic heterocycles. The second-order valence-electron chi connectivity index (χ2n) is 6.17. The van der Waals surface area contributed by atoms with Crippen LogP contribution in [0, 0.1) is 0 Å². The van der Waals surface area contributed by atoms with Gasteiger partial charge in [0.2, 0.25) is 4.80 Å². The van der Waals surface area contributed by atoms with Crippen molar-refractivity contribution in [3.63, 3.8) is 0 Å². The van der Waals surface area contributed by atoms with E-state index in [0.29, 0.717) is 11.6 Å². The van der Waals surface area contributed by atoms with E-state index >= 15 is 0 Å². The second kappa shape index (κ2) is 8.69. The van der Waals surface area contributed by atoms with Crippen LogP contribution >= 0.6 is 22.9 Å². The predicted molar refractivity (Wildman–Crippen MR) is 111 cm³/mol. The number of rotatable bonds is 6. The van der Waals surface area contributed by atoms with Crippen LogP contribution in [0.1, 0.15) is 19.4 Å². The van der Waals surface area contributed by atoms with Crippen LogP contribution in [0.2, 0.25) is 5.02 Å². The van der Waals surface area contributed by atoms with E-state index in [4.69, 9.17) is 16.6 Å². The van der Waals surface area contributed by atoms with Crippen molar-refractivity contribution < 1.29 is 5.11 Å². The van der Waals surface area contributed by atoms with Gasteiger partial charge in [-0.2, -0.15) is 5.10 Å². The molecule has 0 aliphatic rings. The minimum Gasteiger partial charge on any atom is -0.508 e. The van der Waals surface area contributed by atoms with Gasteiger partial charge in [-0.25, -0.2) is 9.67 Å². The Kier molecular flexibility index (Phi) is 6.31. The molecule has 1 N–H and O–H groups in total. The van der Waals surface area contributed by atoms with E-state index in [-0.39, 0.29) is 5.75 Å². The number of nitrogens with zero attached hydrogens (tertiary/aromatic N) is 4. The highest BCUT2D eigenvalue weighted by Crippen LogP contribution is 2.29. The fourth-order valence-corrected chi connectivity index (χ4v) is 3.79. The summed E-state index contributed by atoms with van der Waals surface area (Å²) >= 11 is 7.48. The van der Waals surface area contributed by atoms with Crippen molar-refractivity contribution in [1.82, 2.24) is 14.7 Å². The van der Waals surface area contributed by atoms with Gasteiger partial charge in [-0.15, -0.1) is 0 Å². The lowest BCUT2D eigenvalue weighted by atomic mass is 10.1. The number of aromatic hydroxyl groups is 1. The van der Waals surface area contributed by atoms with Crippen molar-refractivity contribution >= 4 is 28.6 Å². The van der Waals surface area contributed by atoms with E-state index in [1.165, 1.54) is 11.3 Å².